The second kappa shape index (κ2) is 11.0. The summed E-state index contributed by atoms with van der Waals surface area (Å²) in [5.74, 6) is 0.441. The number of anilines is 1. The third kappa shape index (κ3) is 5.92. The van der Waals surface area contributed by atoms with Gasteiger partial charge in [-0.2, -0.15) is 5.10 Å². The van der Waals surface area contributed by atoms with Gasteiger partial charge in [0.05, 0.1) is 35.6 Å². The minimum Gasteiger partial charge on any atom is -0.467 e. The first-order valence-electron chi connectivity index (χ1n) is 11.9. The molecule has 3 aromatic heterocycles. The summed E-state index contributed by atoms with van der Waals surface area (Å²) >= 11 is 1.12. The summed E-state index contributed by atoms with van der Waals surface area (Å²) in [5.41, 5.74) is 1.29. The monoisotopic (exact) mass is 522 g/mol. The summed E-state index contributed by atoms with van der Waals surface area (Å²) in [4.78, 5) is 43.3. The van der Waals surface area contributed by atoms with Crippen LogP contribution in [0.4, 0.5) is 5.82 Å². The second-order valence-electron chi connectivity index (χ2n) is 8.72. The molecule has 5 rings (SSSR count). The normalized spacial score (nSPS) is 15.2. The van der Waals surface area contributed by atoms with Crippen molar-refractivity contribution in [2.75, 3.05) is 24.2 Å². The Morgan fingerprint density at radius 3 is 2.89 bits per heavy atom. The Labute approximate surface area is 216 Å². The molecule has 1 atom stereocenters. The van der Waals surface area contributed by atoms with Crippen molar-refractivity contribution in [1.82, 2.24) is 25.1 Å². The van der Waals surface area contributed by atoms with Crippen LogP contribution in [-0.2, 0) is 16.1 Å². The van der Waals surface area contributed by atoms with Crippen molar-refractivity contribution < 1.29 is 18.7 Å². The van der Waals surface area contributed by atoms with Crippen LogP contribution in [0.3, 0.4) is 0 Å². The molecule has 0 unspecified atom stereocenters. The van der Waals surface area contributed by atoms with Gasteiger partial charge in [-0.1, -0.05) is 11.8 Å². The number of benzene rings is 1. The largest absolute Gasteiger partial charge is 0.467 e. The van der Waals surface area contributed by atoms with E-state index in [9.17, 15) is 14.4 Å². The van der Waals surface area contributed by atoms with E-state index >= 15 is 0 Å². The molecule has 2 amide bonds. The number of nitrogens with one attached hydrogen (secondary N) is 3. The average Bonchev–Trinajstić information content (AvgIpc) is 3.67. The molecule has 0 bridgehead atoms. The number of thioether (sulfide) groups is 1. The van der Waals surface area contributed by atoms with Crippen molar-refractivity contribution in [3.8, 4) is 0 Å². The molecule has 3 N–H and O–H groups in total. The number of nitrogens with zero attached hydrogens (tertiary/aromatic N) is 3. The lowest BCUT2D eigenvalue weighted by molar-refractivity contribution is -0.113. The van der Waals surface area contributed by atoms with Gasteiger partial charge in [0.25, 0.3) is 11.5 Å². The number of ether oxygens (including phenoxy) is 1. The molecule has 1 aliphatic rings. The van der Waals surface area contributed by atoms with Crippen molar-refractivity contribution in [1.29, 1.82) is 0 Å². The number of rotatable bonds is 9. The fourth-order valence-electron chi connectivity index (χ4n) is 4.05. The number of aromatic amines is 1. The Morgan fingerprint density at radius 1 is 1.27 bits per heavy atom. The summed E-state index contributed by atoms with van der Waals surface area (Å²) in [7, 11) is 0. The molecule has 12 heteroatoms. The van der Waals surface area contributed by atoms with Gasteiger partial charge in [0.2, 0.25) is 5.91 Å². The van der Waals surface area contributed by atoms with Crippen molar-refractivity contribution in [2.24, 2.45) is 0 Å². The van der Waals surface area contributed by atoms with E-state index in [1.807, 2.05) is 6.92 Å². The Morgan fingerprint density at radius 2 is 2.16 bits per heavy atom. The second-order valence-corrected chi connectivity index (χ2v) is 9.66. The zero-order valence-electron chi connectivity index (χ0n) is 20.2. The van der Waals surface area contributed by atoms with Crippen LogP contribution < -0.4 is 16.2 Å². The van der Waals surface area contributed by atoms with Gasteiger partial charge in [-0.25, -0.2) is 4.98 Å². The van der Waals surface area contributed by atoms with Gasteiger partial charge in [0.1, 0.15) is 5.76 Å². The molecule has 192 valence electrons. The Balaban J connectivity index is 1.39. The topological polar surface area (TPSA) is 144 Å². The van der Waals surface area contributed by atoms with Crippen LogP contribution in [0.15, 0.2) is 57.0 Å². The summed E-state index contributed by atoms with van der Waals surface area (Å²) in [6.45, 7) is 3.13. The van der Waals surface area contributed by atoms with Crippen LogP contribution in [0.25, 0.3) is 10.9 Å². The van der Waals surface area contributed by atoms with Gasteiger partial charge in [0.15, 0.2) is 11.0 Å². The third-order valence-electron chi connectivity index (χ3n) is 5.90. The van der Waals surface area contributed by atoms with E-state index in [1.165, 1.54) is 10.8 Å². The van der Waals surface area contributed by atoms with Crippen LogP contribution in [0.1, 0.15) is 34.7 Å². The zero-order valence-corrected chi connectivity index (χ0v) is 21.0. The molecular formula is C25H26N6O5S. The first-order valence-corrected chi connectivity index (χ1v) is 12.9. The molecular weight excluding hydrogens is 496 g/mol. The van der Waals surface area contributed by atoms with Gasteiger partial charge >= 0.3 is 0 Å². The molecule has 1 aromatic carbocycles. The minimum absolute atomic E-state index is 0.00355. The van der Waals surface area contributed by atoms with E-state index < -0.39 is 0 Å². The third-order valence-corrected chi connectivity index (χ3v) is 6.87. The van der Waals surface area contributed by atoms with E-state index in [4.69, 9.17) is 9.15 Å². The number of hydrogen-bond acceptors (Lipinski definition) is 8. The van der Waals surface area contributed by atoms with Crippen LogP contribution >= 0.6 is 11.8 Å². The van der Waals surface area contributed by atoms with E-state index in [2.05, 4.69) is 25.8 Å². The molecule has 11 nitrogen and oxygen atoms in total. The molecule has 37 heavy (non-hydrogen) atoms. The van der Waals surface area contributed by atoms with Gasteiger partial charge in [0, 0.05) is 30.5 Å². The first-order chi connectivity index (χ1) is 18.0. The molecule has 1 saturated heterocycles. The smallest absolute Gasteiger partial charge is 0.262 e. The highest BCUT2D eigenvalue weighted by Gasteiger charge is 2.19. The predicted molar refractivity (Wildman–Crippen MR) is 138 cm³/mol. The number of amides is 2. The van der Waals surface area contributed by atoms with Crippen molar-refractivity contribution >= 4 is 40.3 Å². The zero-order chi connectivity index (χ0) is 25.8. The molecule has 1 fully saturated rings. The highest BCUT2D eigenvalue weighted by molar-refractivity contribution is 7.99. The molecule has 0 spiro atoms. The fourth-order valence-corrected chi connectivity index (χ4v) is 4.85. The van der Waals surface area contributed by atoms with E-state index in [-0.39, 0.29) is 35.8 Å². The van der Waals surface area contributed by atoms with Gasteiger partial charge in [-0.3, -0.25) is 24.0 Å². The lowest BCUT2D eigenvalue weighted by atomic mass is 10.1. The van der Waals surface area contributed by atoms with E-state index in [1.54, 1.807) is 36.4 Å². The van der Waals surface area contributed by atoms with Gasteiger partial charge in [-0.15, -0.1) is 0 Å². The number of fused-ring (bicyclic) bond motifs is 1. The van der Waals surface area contributed by atoms with Crippen LogP contribution in [0.2, 0.25) is 0 Å². The summed E-state index contributed by atoms with van der Waals surface area (Å²) in [5, 5.41) is 13.1. The van der Waals surface area contributed by atoms with Crippen molar-refractivity contribution in [3.63, 3.8) is 0 Å². The lowest BCUT2D eigenvalue weighted by Crippen LogP contribution is -2.31. The Hall–Kier alpha value is -3.90. The molecule has 1 aliphatic heterocycles. The maximum absolute atomic E-state index is 13.4. The number of aryl methyl sites for hydroxylation is 1. The van der Waals surface area contributed by atoms with Crippen LogP contribution in [0.5, 0.6) is 0 Å². The van der Waals surface area contributed by atoms with Crippen molar-refractivity contribution in [2.45, 2.75) is 37.6 Å². The maximum atomic E-state index is 13.4. The molecule has 4 aromatic rings. The average molecular weight is 523 g/mol. The van der Waals surface area contributed by atoms with E-state index in [0.29, 0.717) is 46.4 Å². The van der Waals surface area contributed by atoms with Crippen molar-refractivity contribution in [3.05, 3.63) is 70.0 Å². The van der Waals surface area contributed by atoms with Crippen LogP contribution in [-0.4, -0.2) is 56.6 Å². The molecule has 0 radical (unpaired) electrons. The predicted octanol–water partition coefficient (Wildman–Crippen LogP) is 2.71. The number of H-pyrrole nitrogens is 1. The Bertz CT molecular complexity index is 1470. The molecule has 4 heterocycles. The standard InChI is InChI=1S/C25H26N6O5S/c1-15-10-21(30-29-15)28-22(32)14-37-25-27-20-11-16(23(33)26-12-17-4-2-8-35-17)6-7-19(20)24(34)31(25)13-18-5-3-9-36-18/h3,5-7,9-11,17H,2,4,8,12-14H2,1H3,(H,26,33)(H2,28,29,30,32)/t17-/m1/s1. The maximum Gasteiger partial charge on any atom is 0.262 e. The minimum atomic E-state index is -0.294. The first kappa shape index (κ1) is 24.8. The lowest BCUT2D eigenvalue weighted by Gasteiger charge is -2.13. The molecule has 0 saturated carbocycles. The summed E-state index contributed by atoms with van der Waals surface area (Å²) < 4.78 is 12.5. The van der Waals surface area contributed by atoms with E-state index in [0.717, 1.165) is 30.3 Å². The highest BCUT2D eigenvalue weighted by Crippen LogP contribution is 2.21. The SMILES string of the molecule is Cc1cc(NC(=O)CSc2nc3cc(C(=O)NC[C@H]4CCCO4)ccc3c(=O)n2Cc2ccco2)n[nH]1. The van der Waals surface area contributed by atoms with Gasteiger partial charge < -0.3 is 19.8 Å². The summed E-state index contributed by atoms with van der Waals surface area (Å²) in [6.07, 6.45) is 3.46. The summed E-state index contributed by atoms with van der Waals surface area (Å²) in [6, 6.07) is 10.0. The highest BCUT2D eigenvalue weighted by atomic mass is 32.2. The number of furan rings is 1. The number of carbonyl (C=O) groups is 2. The number of hydrogen-bond donors (Lipinski definition) is 3. The van der Waals surface area contributed by atoms with Crippen LogP contribution in [0, 0.1) is 6.92 Å². The number of carbonyl (C=O) groups excluding carboxylic acids is 2. The quantitative estimate of drug-likeness (QED) is 0.225. The molecule has 0 aliphatic carbocycles. The Kier molecular flexibility index (Phi) is 7.37. The fraction of sp³-hybridized carbons (Fsp3) is 0.320. The van der Waals surface area contributed by atoms with Gasteiger partial charge in [-0.05, 0) is 50.1 Å². The number of aromatic nitrogens is 4.